The Labute approximate surface area is 186 Å². The number of nitrogens with zero attached hydrogens (tertiary/aromatic N) is 1. The molecule has 10 heteroatoms. The van der Waals surface area contributed by atoms with E-state index in [9.17, 15) is 19.5 Å². The van der Waals surface area contributed by atoms with Crippen molar-refractivity contribution in [1.82, 2.24) is 10.2 Å². The first-order valence-electron chi connectivity index (χ1n) is 8.95. The van der Waals surface area contributed by atoms with E-state index < -0.39 is 12.0 Å². The zero-order chi connectivity index (χ0) is 21.6. The maximum Gasteiger partial charge on any atom is 0.325 e. The van der Waals surface area contributed by atoms with E-state index in [1.54, 1.807) is 24.3 Å². The number of hydrogen-bond donors (Lipinski definition) is 3. The average molecular weight is 501 g/mol. The van der Waals surface area contributed by atoms with Crippen LogP contribution in [0.5, 0.6) is 5.75 Å². The molecule has 156 valence electrons. The second-order valence-electron chi connectivity index (χ2n) is 6.47. The number of rotatable bonds is 9. The van der Waals surface area contributed by atoms with Crippen LogP contribution in [-0.2, 0) is 14.4 Å². The maximum absolute atomic E-state index is 12.6. The van der Waals surface area contributed by atoms with E-state index in [1.165, 1.54) is 23.6 Å². The lowest BCUT2D eigenvalue weighted by atomic mass is 10.1. The Bertz CT molecular complexity index is 859. The average Bonchev–Trinajstić information content (AvgIpc) is 2.91. The monoisotopic (exact) mass is 500 g/mol. The molecular formula is C19H21BrN2O5S2. The van der Waals surface area contributed by atoms with Crippen LogP contribution in [0.3, 0.4) is 0 Å². The van der Waals surface area contributed by atoms with Crippen molar-refractivity contribution in [2.45, 2.75) is 38.6 Å². The molecule has 1 unspecified atom stereocenters. The number of thiocarbonyl (C=S) groups is 1. The van der Waals surface area contributed by atoms with Gasteiger partial charge in [-0.1, -0.05) is 46.3 Å². The van der Waals surface area contributed by atoms with E-state index in [-0.39, 0.29) is 24.0 Å². The quantitative estimate of drug-likeness (QED) is 0.270. The van der Waals surface area contributed by atoms with Crippen molar-refractivity contribution in [2.75, 3.05) is 6.54 Å². The number of phenolic OH excluding ortho intramolecular Hbond substituents is 1. The van der Waals surface area contributed by atoms with Gasteiger partial charge >= 0.3 is 5.97 Å². The summed E-state index contributed by atoms with van der Waals surface area (Å²) in [5.74, 6) is -1.50. The van der Waals surface area contributed by atoms with E-state index in [1.807, 2.05) is 0 Å². The van der Waals surface area contributed by atoms with Gasteiger partial charge in [-0.25, -0.2) is 0 Å². The summed E-state index contributed by atoms with van der Waals surface area (Å²) in [5.41, 5.74) is 0.529. The summed E-state index contributed by atoms with van der Waals surface area (Å²) in [4.78, 5) is 36.9. The van der Waals surface area contributed by atoms with Crippen LogP contribution in [0.25, 0.3) is 6.08 Å². The lowest BCUT2D eigenvalue weighted by Crippen LogP contribution is -2.38. The number of nitrogens with one attached hydrogen (secondary N) is 1. The molecule has 1 aliphatic heterocycles. The summed E-state index contributed by atoms with van der Waals surface area (Å²) >= 11 is 9.83. The van der Waals surface area contributed by atoms with Crippen molar-refractivity contribution in [2.24, 2.45) is 0 Å². The Kier molecular flexibility index (Phi) is 8.66. The summed E-state index contributed by atoms with van der Waals surface area (Å²) in [6, 6.07) is 4.07. The van der Waals surface area contributed by atoms with Crippen molar-refractivity contribution < 1.29 is 24.6 Å². The van der Waals surface area contributed by atoms with E-state index in [2.05, 4.69) is 21.2 Å². The normalized spacial score (nSPS) is 16.3. The second-order valence-corrected chi connectivity index (χ2v) is 9.07. The standard InChI is InChI=1S/C19H21BrN2O5S2/c1-11(18(26)27)21-16(24)5-3-2-4-8-22-17(25)15(29-19(22)28)10-12-9-13(20)6-7-14(12)23/h6-7,9-11,23H,2-5,8H2,1H3,(H,21,24)(H,26,27)/b15-10-. The third-order valence-corrected chi connectivity index (χ3v) is 6.05. The molecule has 1 atom stereocenters. The third-order valence-electron chi connectivity index (χ3n) is 4.18. The van der Waals surface area contributed by atoms with Crippen LogP contribution in [0.4, 0.5) is 0 Å². The van der Waals surface area contributed by atoms with Crippen LogP contribution in [0, 0.1) is 0 Å². The van der Waals surface area contributed by atoms with Crippen molar-refractivity contribution in [3.63, 3.8) is 0 Å². The van der Waals surface area contributed by atoms with Gasteiger partial charge in [-0.15, -0.1) is 0 Å². The molecule has 3 N–H and O–H groups in total. The Morgan fingerprint density at radius 1 is 1.34 bits per heavy atom. The first kappa shape index (κ1) is 23.4. The fourth-order valence-electron chi connectivity index (χ4n) is 2.58. The van der Waals surface area contributed by atoms with Gasteiger partial charge in [0, 0.05) is 23.0 Å². The zero-order valence-corrected chi connectivity index (χ0v) is 18.9. The lowest BCUT2D eigenvalue weighted by Gasteiger charge is -2.14. The maximum atomic E-state index is 12.6. The number of aliphatic carboxylic acids is 1. The van der Waals surface area contributed by atoms with Gasteiger partial charge in [0.15, 0.2) is 0 Å². The van der Waals surface area contributed by atoms with Crippen LogP contribution >= 0.6 is 39.9 Å². The number of carbonyl (C=O) groups excluding carboxylic acids is 2. The molecule has 0 saturated carbocycles. The van der Waals surface area contributed by atoms with Crippen LogP contribution in [-0.4, -0.2) is 49.8 Å². The van der Waals surface area contributed by atoms with Gasteiger partial charge in [-0.05, 0) is 44.0 Å². The second kappa shape index (κ2) is 10.7. The summed E-state index contributed by atoms with van der Waals surface area (Å²) in [5, 5.41) is 21.1. The molecule has 1 heterocycles. The molecule has 0 aromatic heterocycles. The predicted molar refractivity (Wildman–Crippen MR) is 119 cm³/mol. The fraction of sp³-hybridized carbons (Fsp3) is 0.368. The summed E-state index contributed by atoms with van der Waals surface area (Å²) in [6.07, 6.45) is 3.82. The van der Waals surface area contributed by atoms with Gasteiger partial charge in [0.2, 0.25) is 5.91 Å². The van der Waals surface area contributed by atoms with Crippen molar-refractivity contribution in [1.29, 1.82) is 0 Å². The molecule has 1 fully saturated rings. The van der Waals surface area contributed by atoms with Gasteiger partial charge in [-0.2, -0.15) is 0 Å². The largest absolute Gasteiger partial charge is 0.507 e. The number of aromatic hydroxyl groups is 1. The minimum Gasteiger partial charge on any atom is -0.507 e. The third kappa shape index (κ3) is 6.83. The summed E-state index contributed by atoms with van der Waals surface area (Å²) in [6.45, 7) is 1.86. The number of halogens is 1. The summed E-state index contributed by atoms with van der Waals surface area (Å²) < 4.78 is 1.25. The van der Waals surface area contributed by atoms with E-state index in [0.717, 1.165) is 4.47 Å². The molecular weight excluding hydrogens is 480 g/mol. The van der Waals surface area contributed by atoms with Crippen molar-refractivity contribution in [3.8, 4) is 5.75 Å². The number of thioether (sulfide) groups is 1. The van der Waals surface area contributed by atoms with E-state index in [4.69, 9.17) is 17.3 Å². The Morgan fingerprint density at radius 3 is 2.76 bits per heavy atom. The zero-order valence-electron chi connectivity index (χ0n) is 15.7. The smallest absolute Gasteiger partial charge is 0.325 e. The molecule has 2 amide bonds. The number of carbonyl (C=O) groups is 3. The number of hydrogen-bond acceptors (Lipinski definition) is 6. The minimum atomic E-state index is -1.07. The molecule has 1 aromatic rings. The summed E-state index contributed by atoms with van der Waals surface area (Å²) in [7, 11) is 0. The number of unbranched alkanes of at least 4 members (excludes halogenated alkanes) is 2. The first-order chi connectivity index (χ1) is 13.7. The van der Waals surface area contributed by atoms with Crippen molar-refractivity contribution >= 4 is 68.1 Å². The van der Waals surface area contributed by atoms with Crippen LogP contribution < -0.4 is 5.32 Å². The number of benzene rings is 1. The molecule has 1 aliphatic rings. The van der Waals surface area contributed by atoms with Gasteiger partial charge in [0.25, 0.3) is 5.91 Å². The molecule has 7 nitrogen and oxygen atoms in total. The molecule has 1 saturated heterocycles. The number of carboxylic acid groups (broad SMARTS) is 1. The molecule has 0 aliphatic carbocycles. The van der Waals surface area contributed by atoms with Crippen LogP contribution in [0.1, 0.15) is 38.2 Å². The highest BCUT2D eigenvalue weighted by atomic mass is 79.9. The highest BCUT2D eigenvalue weighted by Crippen LogP contribution is 2.34. The molecule has 0 radical (unpaired) electrons. The minimum absolute atomic E-state index is 0.0777. The number of phenols is 1. The van der Waals surface area contributed by atoms with E-state index >= 15 is 0 Å². The SMILES string of the molecule is CC(NC(=O)CCCCCN1C(=O)/C(=C/c2cc(Br)ccc2O)SC1=S)C(=O)O. The molecule has 1 aromatic carbocycles. The lowest BCUT2D eigenvalue weighted by molar-refractivity contribution is -0.141. The Morgan fingerprint density at radius 2 is 2.07 bits per heavy atom. The molecule has 29 heavy (non-hydrogen) atoms. The van der Waals surface area contributed by atoms with Gasteiger partial charge in [-0.3, -0.25) is 19.3 Å². The topological polar surface area (TPSA) is 107 Å². The molecule has 0 bridgehead atoms. The Hall–Kier alpha value is -1.91. The Balaban J connectivity index is 1.82. The number of amides is 2. The van der Waals surface area contributed by atoms with Crippen LogP contribution in [0.2, 0.25) is 0 Å². The molecule has 2 rings (SSSR count). The fourth-order valence-corrected chi connectivity index (χ4v) is 4.26. The van der Waals surface area contributed by atoms with Gasteiger partial charge < -0.3 is 15.5 Å². The number of carboxylic acids is 1. The van der Waals surface area contributed by atoms with Crippen molar-refractivity contribution in [3.05, 3.63) is 33.1 Å². The predicted octanol–water partition coefficient (Wildman–Crippen LogP) is 3.51. The van der Waals surface area contributed by atoms with Crippen LogP contribution in [0.15, 0.2) is 27.6 Å². The first-order valence-corrected chi connectivity index (χ1v) is 11.0. The highest BCUT2D eigenvalue weighted by molar-refractivity contribution is 9.10. The molecule has 0 spiro atoms. The van der Waals surface area contributed by atoms with Gasteiger partial charge in [0.1, 0.15) is 16.1 Å². The highest BCUT2D eigenvalue weighted by Gasteiger charge is 2.31. The van der Waals surface area contributed by atoms with Gasteiger partial charge in [0.05, 0.1) is 4.91 Å². The van der Waals surface area contributed by atoms with E-state index in [0.29, 0.717) is 40.6 Å².